The summed E-state index contributed by atoms with van der Waals surface area (Å²) in [5, 5.41) is 8.56. The van der Waals surface area contributed by atoms with E-state index in [1.807, 2.05) is 0 Å². The van der Waals surface area contributed by atoms with Gasteiger partial charge in [-0.15, -0.1) is 0 Å². The molecule has 3 rings (SSSR count). The molecule has 28 heavy (non-hydrogen) atoms. The maximum Gasteiger partial charge on any atom is 0.278 e. The van der Waals surface area contributed by atoms with Gasteiger partial charge in [-0.25, -0.2) is 8.78 Å². The van der Waals surface area contributed by atoms with Crippen molar-refractivity contribution in [3.8, 4) is 11.8 Å². The topological polar surface area (TPSA) is 85.3 Å². The third-order valence-electron chi connectivity index (χ3n) is 4.73. The maximum atomic E-state index is 15.1. The van der Waals surface area contributed by atoms with E-state index in [-0.39, 0.29) is 17.7 Å². The molecule has 2 unspecified atom stereocenters. The lowest BCUT2D eigenvalue weighted by atomic mass is 9.75. The molecule has 2 atom stereocenters. The Bertz CT molecular complexity index is 917. The normalized spacial score (nSPS) is 21.3. The molecule has 0 bridgehead atoms. The molecule has 0 saturated heterocycles. The Kier molecular flexibility index (Phi) is 5.68. The Morgan fingerprint density at radius 3 is 2.71 bits per heavy atom. The van der Waals surface area contributed by atoms with Crippen molar-refractivity contribution in [2.75, 3.05) is 13.2 Å². The second-order valence-electron chi connectivity index (χ2n) is 6.51. The minimum Gasteiger partial charge on any atom is -0.472 e. The largest absolute Gasteiger partial charge is 0.472 e. The first-order valence-corrected chi connectivity index (χ1v) is 9.26. The number of rotatable bonds is 6. The van der Waals surface area contributed by atoms with Gasteiger partial charge in [0.2, 0.25) is 5.60 Å². The summed E-state index contributed by atoms with van der Waals surface area (Å²) in [6.07, 6.45) is -0.362. The van der Waals surface area contributed by atoms with Crippen molar-refractivity contribution in [3.05, 3.63) is 64.1 Å². The van der Waals surface area contributed by atoms with Crippen LogP contribution in [0.5, 0.6) is 5.75 Å². The van der Waals surface area contributed by atoms with Gasteiger partial charge in [-0.3, -0.25) is 4.79 Å². The molecule has 1 heterocycles. The van der Waals surface area contributed by atoms with E-state index in [9.17, 15) is 4.79 Å². The SMILES string of the molecule is N#CCOCC(F)(F)C1CC(C(N)=O)(c2ccccc2)Oc2ccc(Br)cc21. The van der Waals surface area contributed by atoms with Crippen molar-refractivity contribution < 1.29 is 23.0 Å². The lowest BCUT2D eigenvalue weighted by molar-refractivity contribution is -0.145. The molecule has 1 amide bonds. The van der Waals surface area contributed by atoms with Crippen LogP contribution in [-0.2, 0) is 15.1 Å². The Morgan fingerprint density at radius 2 is 2.07 bits per heavy atom. The summed E-state index contributed by atoms with van der Waals surface area (Å²) >= 11 is 3.28. The van der Waals surface area contributed by atoms with E-state index in [1.165, 1.54) is 12.1 Å². The molecular weight excluding hydrogens is 434 g/mol. The number of ether oxygens (including phenoxy) is 2. The van der Waals surface area contributed by atoms with Crippen LogP contribution in [0.25, 0.3) is 0 Å². The number of hydrogen-bond donors (Lipinski definition) is 1. The fourth-order valence-corrected chi connectivity index (χ4v) is 3.78. The van der Waals surface area contributed by atoms with Crippen LogP contribution in [0.3, 0.4) is 0 Å². The Morgan fingerprint density at radius 1 is 1.36 bits per heavy atom. The van der Waals surface area contributed by atoms with Gasteiger partial charge in [0.1, 0.15) is 19.0 Å². The van der Waals surface area contributed by atoms with Crippen molar-refractivity contribution in [3.63, 3.8) is 0 Å². The van der Waals surface area contributed by atoms with Crippen LogP contribution < -0.4 is 10.5 Å². The summed E-state index contributed by atoms with van der Waals surface area (Å²) in [5.41, 5.74) is 4.55. The van der Waals surface area contributed by atoms with Gasteiger partial charge in [-0.05, 0) is 18.2 Å². The number of halogens is 3. The number of alkyl halides is 2. The van der Waals surface area contributed by atoms with E-state index < -0.39 is 36.6 Å². The van der Waals surface area contributed by atoms with Crippen LogP contribution in [0.4, 0.5) is 8.78 Å². The van der Waals surface area contributed by atoms with Gasteiger partial charge in [-0.1, -0.05) is 46.3 Å². The number of nitrogens with zero attached hydrogens (tertiary/aromatic N) is 1. The predicted octanol–water partition coefficient (Wildman–Crippen LogP) is 3.87. The second kappa shape index (κ2) is 7.86. The third kappa shape index (κ3) is 3.73. The number of carbonyl (C=O) groups is 1. The fraction of sp³-hybridized carbons (Fsp3) is 0.300. The summed E-state index contributed by atoms with van der Waals surface area (Å²) in [7, 11) is 0. The van der Waals surface area contributed by atoms with Gasteiger partial charge in [-0.2, -0.15) is 5.26 Å². The molecule has 2 aromatic rings. The summed E-state index contributed by atoms with van der Waals surface area (Å²) in [6.45, 7) is -1.41. The monoisotopic (exact) mass is 450 g/mol. The summed E-state index contributed by atoms with van der Waals surface area (Å²) in [4.78, 5) is 12.5. The standard InChI is InChI=1S/C20H17BrF2N2O3/c21-14-6-7-17-15(10-14)16(20(22,23)12-27-9-8-24)11-19(28-17,18(25)26)13-4-2-1-3-5-13/h1-7,10,16H,9,11-12H2,(H2,25,26). The molecule has 2 aromatic carbocycles. The highest BCUT2D eigenvalue weighted by molar-refractivity contribution is 9.10. The lowest BCUT2D eigenvalue weighted by Crippen LogP contribution is -2.52. The molecule has 0 aliphatic carbocycles. The van der Waals surface area contributed by atoms with E-state index in [4.69, 9.17) is 20.5 Å². The van der Waals surface area contributed by atoms with Crippen LogP contribution in [0.15, 0.2) is 53.0 Å². The van der Waals surface area contributed by atoms with Crippen LogP contribution >= 0.6 is 15.9 Å². The molecule has 1 aliphatic rings. The van der Waals surface area contributed by atoms with Gasteiger partial charge in [0.15, 0.2) is 0 Å². The van der Waals surface area contributed by atoms with Crippen molar-refractivity contribution in [2.45, 2.75) is 23.9 Å². The first-order chi connectivity index (χ1) is 13.3. The van der Waals surface area contributed by atoms with E-state index >= 15 is 8.78 Å². The molecule has 2 N–H and O–H groups in total. The maximum absolute atomic E-state index is 15.1. The van der Waals surface area contributed by atoms with E-state index in [0.717, 1.165) is 0 Å². The van der Waals surface area contributed by atoms with E-state index in [0.29, 0.717) is 10.0 Å². The molecule has 0 fully saturated rings. The first kappa shape index (κ1) is 20.2. The minimum atomic E-state index is -3.36. The van der Waals surface area contributed by atoms with Crippen molar-refractivity contribution in [1.82, 2.24) is 0 Å². The molecular formula is C20H17BrF2N2O3. The predicted molar refractivity (Wildman–Crippen MR) is 101 cm³/mol. The van der Waals surface area contributed by atoms with E-state index in [1.54, 1.807) is 42.5 Å². The molecule has 8 heteroatoms. The molecule has 146 valence electrons. The Hall–Kier alpha value is -2.50. The molecule has 1 aliphatic heterocycles. The zero-order valence-corrected chi connectivity index (χ0v) is 16.3. The Balaban J connectivity index is 2.12. The number of hydrogen-bond acceptors (Lipinski definition) is 4. The van der Waals surface area contributed by atoms with Crippen LogP contribution in [0, 0.1) is 11.3 Å². The summed E-state index contributed by atoms with van der Waals surface area (Å²) in [5.74, 6) is -5.46. The quantitative estimate of drug-likeness (QED) is 0.676. The average Bonchev–Trinajstić information content (AvgIpc) is 2.67. The number of nitriles is 1. The Labute approximate surface area is 169 Å². The van der Waals surface area contributed by atoms with Gasteiger partial charge < -0.3 is 15.2 Å². The van der Waals surface area contributed by atoms with Crippen LogP contribution in [0.1, 0.15) is 23.5 Å². The first-order valence-electron chi connectivity index (χ1n) is 8.46. The number of primary amides is 1. The molecule has 0 aromatic heterocycles. The number of benzene rings is 2. The zero-order valence-electron chi connectivity index (χ0n) is 14.7. The number of amides is 1. The van der Waals surface area contributed by atoms with Gasteiger partial charge in [0.05, 0.1) is 12.0 Å². The van der Waals surface area contributed by atoms with E-state index in [2.05, 4.69) is 15.9 Å². The van der Waals surface area contributed by atoms with Crippen molar-refractivity contribution in [1.29, 1.82) is 5.26 Å². The lowest BCUT2D eigenvalue weighted by Gasteiger charge is -2.42. The highest BCUT2D eigenvalue weighted by Gasteiger charge is 2.54. The summed E-state index contributed by atoms with van der Waals surface area (Å²) in [6, 6.07) is 14.7. The molecule has 5 nitrogen and oxygen atoms in total. The number of nitrogens with two attached hydrogens (primary N) is 1. The van der Waals surface area contributed by atoms with Crippen molar-refractivity contribution >= 4 is 21.8 Å². The summed E-state index contributed by atoms with van der Waals surface area (Å²) < 4.78 is 41.6. The zero-order chi connectivity index (χ0) is 20.4. The van der Waals surface area contributed by atoms with Crippen molar-refractivity contribution in [2.24, 2.45) is 5.73 Å². The molecule has 0 saturated carbocycles. The smallest absolute Gasteiger partial charge is 0.278 e. The second-order valence-corrected chi connectivity index (χ2v) is 7.43. The van der Waals surface area contributed by atoms with Gasteiger partial charge >= 0.3 is 0 Å². The fourth-order valence-electron chi connectivity index (χ4n) is 3.40. The van der Waals surface area contributed by atoms with Gasteiger partial charge in [0.25, 0.3) is 11.8 Å². The number of fused-ring (bicyclic) bond motifs is 1. The highest BCUT2D eigenvalue weighted by Crippen LogP contribution is 2.52. The average molecular weight is 451 g/mol. The third-order valence-corrected chi connectivity index (χ3v) is 5.23. The molecule has 0 radical (unpaired) electrons. The van der Waals surface area contributed by atoms with Gasteiger partial charge in [0, 0.05) is 22.0 Å². The van der Waals surface area contributed by atoms with Crippen LogP contribution in [0.2, 0.25) is 0 Å². The van der Waals surface area contributed by atoms with Crippen LogP contribution in [-0.4, -0.2) is 25.0 Å². The highest BCUT2D eigenvalue weighted by atomic mass is 79.9. The minimum absolute atomic E-state index is 0.155. The number of carbonyl (C=O) groups excluding carboxylic acids is 1. The molecule has 0 spiro atoms.